The van der Waals surface area contributed by atoms with Crippen molar-refractivity contribution in [2.45, 2.75) is 38.6 Å². The van der Waals surface area contributed by atoms with Gasteiger partial charge in [-0.25, -0.2) is 0 Å². The smallest absolute Gasteiger partial charge is 0.220 e. The summed E-state index contributed by atoms with van der Waals surface area (Å²) in [5.74, 6) is 0.187. The van der Waals surface area contributed by atoms with Gasteiger partial charge >= 0.3 is 0 Å². The van der Waals surface area contributed by atoms with Crippen LogP contribution in [0.5, 0.6) is 0 Å². The lowest BCUT2D eigenvalue weighted by molar-refractivity contribution is -0.132. The summed E-state index contributed by atoms with van der Waals surface area (Å²) < 4.78 is 0. The molecule has 1 aromatic heterocycles. The van der Waals surface area contributed by atoms with E-state index in [-0.39, 0.29) is 11.9 Å². The number of nitrogens with one attached hydrogen (secondary N) is 1. The first-order valence-corrected chi connectivity index (χ1v) is 8.59. The van der Waals surface area contributed by atoms with Crippen molar-refractivity contribution in [3.8, 4) is 0 Å². The molecule has 0 saturated carbocycles. The monoisotopic (exact) mass is 313 g/mol. The molecule has 1 unspecified atom stereocenters. The highest BCUT2D eigenvalue weighted by atomic mass is 16.2. The van der Waals surface area contributed by atoms with Crippen molar-refractivity contribution < 1.29 is 4.79 Å². The van der Waals surface area contributed by atoms with Crippen molar-refractivity contribution in [1.82, 2.24) is 14.8 Å². The molecule has 0 bridgehead atoms. The highest BCUT2D eigenvalue weighted by Gasteiger charge is 2.31. The minimum Gasteiger partial charge on any atom is -0.356 e. The van der Waals surface area contributed by atoms with Crippen LogP contribution < -0.4 is 0 Å². The standard InChI is InChI=1S/C19H27N3O/c1-14(23)22-13-11-16-15-8-4-5-9-17(15)20-19(16)18(22)10-6-7-12-21(2)3/h4-5,8-9,18,20H,6-7,10-13H2,1-3H3. The van der Waals surface area contributed by atoms with Crippen LogP contribution in [0.25, 0.3) is 10.9 Å². The van der Waals surface area contributed by atoms with Gasteiger partial charge in [-0.3, -0.25) is 4.79 Å². The van der Waals surface area contributed by atoms with Gasteiger partial charge in [0.15, 0.2) is 0 Å². The average molecular weight is 313 g/mol. The number of rotatable bonds is 5. The van der Waals surface area contributed by atoms with Crippen molar-refractivity contribution in [3.63, 3.8) is 0 Å². The van der Waals surface area contributed by atoms with E-state index in [1.807, 2.05) is 4.90 Å². The van der Waals surface area contributed by atoms with Gasteiger partial charge < -0.3 is 14.8 Å². The predicted molar refractivity (Wildman–Crippen MR) is 94.5 cm³/mol. The topological polar surface area (TPSA) is 39.3 Å². The number of unbranched alkanes of at least 4 members (excludes halogenated alkanes) is 1. The van der Waals surface area contributed by atoms with Crippen LogP contribution in [0.1, 0.15) is 43.5 Å². The highest BCUT2D eigenvalue weighted by Crippen LogP contribution is 2.37. The Hall–Kier alpha value is -1.81. The number of hydrogen-bond acceptors (Lipinski definition) is 2. The Morgan fingerprint density at radius 3 is 2.83 bits per heavy atom. The summed E-state index contributed by atoms with van der Waals surface area (Å²) in [4.78, 5) is 19.9. The number of aromatic amines is 1. The van der Waals surface area contributed by atoms with Gasteiger partial charge in [0.05, 0.1) is 6.04 Å². The molecule has 4 heteroatoms. The van der Waals surface area contributed by atoms with E-state index in [1.54, 1.807) is 6.92 Å². The predicted octanol–water partition coefficient (Wildman–Crippen LogP) is 3.35. The molecule has 1 amide bonds. The van der Waals surface area contributed by atoms with Crippen LogP contribution in [-0.4, -0.2) is 47.9 Å². The van der Waals surface area contributed by atoms with Crippen LogP contribution in [-0.2, 0) is 11.2 Å². The third-order valence-electron chi connectivity index (χ3n) is 4.90. The SMILES string of the molecule is CC(=O)N1CCc2c([nH]c3ccccc23)C1CCCCN(C)C. The number of amides is 1. The molecule has 1 aromatic carbocycles. The fourth-order valence-corrected chi connectivity index (χ4v) is 3.76. The molecular weight excluding hydrogens is 286 g/mol. The van der Waals surface area contributed by atoms with Crippen molar-refractivity contribution in [2.75, 3.05) is 27.2 Å². The van der Waals surface area contributed by atoms with Gasteiger partial charge in [0.1, 0.15) is 0 Å². The lowest BCUT2D eigenvalue weighted by Gasteiger charge is -2.35. The maximum atomic E-state index is 12.1. The number of para-hydroxylation sites is 1. The van der Waals surface area contributed by atoms with E-state index in [2.05, 4.69) is 48.2 Å². The fourth-order valence-electron chi connectivity index (χ4n) is 3.76. The second-order valence-electron chi connectivity index (χ2n) is 6.84. The number of benzene rings is 1. The number of nitrogens with zero attached hydrogens (tertiary/aromatic N) is 2. The molecule has 1 aliphatic rings. The lowest BCUT2D eigenvalue weighted by Crippen LogP contribution is -2.38. The zero-order valence-electron chi connectivity index (χ0n) is 14.4. The third kappa shape index (κ3) is 3.27. The van der Waals surface area contributed by atoms with Crippen LogP contribution >= 0.6 is 0 Å². The van der Waals surface area contributed by atoms with Gasteiger partial charge in [0.25, 0.3) is 0 Å². The Bertz CT molecular complexity index is 689. The minimum atomic E-state index is 0.187. The number of fused-ring (bicyclic) bond motifs is 3. The largest absolute Gasteiger partial charge is 0.356 e. The maximum absolute atomic E-state index is 12.1. The Morgan fingerprint density at radius 2 is 2.09 bits per heavy atom. The molecule has 4 nitrogen and oxygen atoms in total. The Kier molecular flexibility index (Phi) is 4.71. The number of carbonyl (C=O) groups is 1. The van der Waals surface area contributed by atoms with E-state index in [0.29, 0.717) is 0 Å². The van der Waals surface area contributed by atoms with E-state index < -0.39 is 0 Å². The summed E-state index contributed by atoms with van der Waals surface area (Å²) >= 11 is 0. The van der Waals surface area contributed by atoms with Gasteiger partial charge in [0, 0.05) is 30.1 Å². The Balaban J connectivity index is 1.86. The maximum Gasteiger partial charge on any atom is 0.220 e. The van der Waals surface area contributed by atoms with Crippen molar-refractivity contribution in [3.05, 3.63) is 35.5 Å². The van der Waals surface area contributed by atoms with Crippen molar-refractivity contribution in [2.24, 2.45) is 0 Å². The molecule has 0 fully saturated rings. The van der Waals surface area contributed by atoms with Crippen LogP contribution in [0.2, 0.25) is 0 Å². The van der Waals surface area contributed by atoms with E-state index in [1.165, 1.54) is 28.6 Å². The molecule has 2 aromatic rings. The van der Waals surface area contributed by atoms with Gasteiger partial charge in [-0.15, -0.1) is 0 Å². The fraction of sp³-hybridized carbons (Fsp3) is 0.526. The molecule has 3 rings (SSSR count). The number of hydrogen-bond donors (Lipinski definition) is 1. The second-order valence-corrected chi connectivity index (χ2v) is 6.84. The quantitative estimate of drug-likeness (QED) is 0.860. The average Bonchev–Trinajstić information content (AvgIpc) is 2.90. The van der Waals surface area contributed by atoms with Gasteiger partial charge in [-0.05, 0) is 58.0 Å². The summed E-state index contributed by atoms with van der Waals surface area (Å²) in [7, 11) is 4.22. The number of carbonyl (C=O) groups excluding carboxylic acids is 1. The third-order valence-corrected chi connectivity index (χ3v) is 4.90. The Morgan fingerprint density at radius 1 is 1.30 bits per heavy atom. The molecule has 1 N–H and O–H groups in total. The van der Waals surface area contributed by atoms with Crippen molar-refractivity contribution in [1.29, 1.82) is 0 Å². The molecule has 0 saturated heterocycles. The first kappa shape index (κ1) is 16.1. The van der Waals surface area contributed by atoms with E-state index in [0.717, 1.165) is 32.4 Å². The molecule has 2 heterocycles. The molecule has 1 atom stereocenters. The van der Waals surface area contributed by atoms with Crippen LogP contribution in [0.3, 0.4) is 0 Å². The van der Waals surface area contributed by atoms with E-state index >= 15 is 0 Å². The van der Waals surface area contributed by atoms with Crippen molar-refractivity contribution >= 4 is 16.8 Å². The van der Waals surface area contributed by atoms with E-state index in [4.69, 9.17) is 0 Å². The molecular formula is C19H27N3O. The van der Waals surface area contributed by atoms with Crippen LogP contribution in [0.4, 0.5) is 0 Å². The first-order valence-electron chi connectivity index (χ1n) is 8.59. The molecule has 0 spiro atoms. The van der Waals surface area contributed by atoms with Gasteiger partial charge in [-0.2, -0.15) is 0 Å². The molecule has 23 heavy (non-hydrogen) atoms. The molecule has 1 aliphatic heterocycles. The molecule has 0 radical (unpaired) electrons. The first-order chi connectivity index (χ1) is 11.1. The molecule has 124 valence electrons. The van der Waals surface area contributed by atoms with Gasteiger partial charge in [-0.1, -0.05) is 18.2 Å². The molecule has 0 aliphatic carbocycles. The highest BCUT2D eigenvalue weighted by molar-refractivity contribution is 5.86. The number of H-pyrrole nitrogens is 1. The summed E-state index contributed by atoms with van der Waals surface area (Å²) in [5.41, 5.74) is 3.87. The normalized spacial score (nSPS) is 17.7. The zero-order valence-corrected chi connectivity index (χ0v) is 14.4. The van der Waals surface area contributed by atoms with Crippen LogP contribution in [0, 0.1) is 0 Å². The minimum absolute atomic E-state index is 0.187. The summed E-state index contributed by atoms with van der Waals surface area (Å²) in [6, 6.07) is 8.69. The lowest BCUT2D eigenvalue weighted by atomic mass is 9.94. The Labute approximate surface area is 138 Å². The number of aromatic nitrogens is 1. The summed E-state index contributed by atoms with van der Waals surface area (Å²) in [5, 5.41) is 1.32. The van der Waals surface area contributed by atoms with E-state index in [9.17, 15) is 4.79 Å². The zero-order chi connectivity index (χ0) is 16.4. The summed E-state index contributed by atoms with van der Waals surface area (Å²) in [6.07, 6.45) is 4.30. The van der Waals surface area contributed by atoms with Gasteiger partial charge in [0.2, 0.25) is 5.91 Å². The summed E-state index contributed by atoms with van der Waals surface area (Å²) in [6.45, 7) is 3.63. The second kappa shape index (κ2) is 6.75. The van der Waals surface area contributed by atoms with Crippen LogP contribution in [0.15, 0.2) is 24.3 Å².